The molecule has 4 nitrogen and oxygen atoms in total. The van der Waals surface area contributed by atoms with E-state index in [9.17, 15) is 12.8 Å². The number of hydrogen-bond donors (Lipinski definition) is 2. The third-order valence-electron chi connectivity index (χ3n) is 3.46. The quantitative estimate of drug-likeness (QED) is 0.860. The van der Waals surface area contributed by atoms with E-state index in [4.69, 9.17) is 0 Å². The van der Waals surface area contributed by atoms with Crippen LogP contribution in [0.1, 0.15) is 18.4 Å². The maximum absolute atomic E-state index is 13.4. The van der Waals surface area contributed by atoms with Crippen LogP contribution in [0, 0.1) is 18.7 Å². The zero-order chi connectivity index (χ0) is 13.9. The molecule has 0 bridgehead atoms. The summed E-state index contributed by atoms with van der Waals surface area (Å²) in [6.45, 7) is 3.94. The average Bonchev–Trinajstić information content (AvgIpc) is 2.85. The number of benzene rings is 1. The van der Waals surface area contributed by atoms with Crippen molar-refractivity contribution in [3.05, 3.63) is 29.6 Å². The second kappa shape index (κ2) is 5.98. The van der Waals surface area contributed by atoms with Gasteiger partial charge in [0.25, 0.3) is 0 Å². The Bertz CT molecular complexity index is 540. The SMILES string of the molecule is Cc1ccc(S(=O)(=O)NCC[C@H]2CCNC2)cc1F. The molecule has 0 saturated carbocycles. The van der Waals surface area contributed by atoms with Crippen LogP contribution in [0.4, 0.5) is 4.39 Å². The Morgan fingerprint density at radius 2 is 2.26 bits per heavy atom. The summed E-state index contributed by atoms with van der Waals surface area (Å²) < 4.78 is 39.9. The molecule has 0 unspecified atom stereocenters. The fraction of sp³-hybridized carbons (Fsp3) is 0.538. The first-order valence-electron chi connectivity index (χ1n) is 6.45. The fourth-order valence-electron chi connectivity index (χ4n) is 2.18. The van der Waals surface area contributed by atoms with Crippen LogP contribution < -0.4 is 10.0 Å². The maximum Gasteiger partial charge on any atom is 0.240 e. The van der Waals surface area contributed by atoms with Crippen molar-refractivity contribution in [1.82, 2.24) is 10.0 Å². The Morgan fingerprint density at radius 1 is 1.47 bits per heavy atom. The highest BCUT2D eigenvalue weighted by Crippen LogP contribution is 2.15. The van der Waals surface area contributed by atoms with E-state index in [0.29, 0.717) is 18.0 Å². The Labute approximate surface area is 113 Å². The number of aryl methyl sites for hydroxylation is 1. The Balaban J connectivity index is 1.95. The van der Waals surface area contributed by atoms with E-state index in [1.54, 1.807) is 6.92 Å². The second-order valence-corrected chi connectivity index (χ2v) is 6.72. The standard InChI is InChI=1S/C13H19FN2O2S/c1-10-2-3-12(8-13(10)14)19(17,18)16-7-5-11-4-6-15-9-11/h2-3,8,11,15-16H,4-7,9H2,1H3/t11-/m1/s1. The van der Waals surface area contributed by atoms with E-state index in [2.05, 4.69) is 10.0 Å². The molecule has 0 radical (unpaired) electrons. The highest BCUT2D eigenvalue weighted by Gasteiger charge is 2.18. The van der Waals surface area contributed by atoms with Crippen molar-refractivity contribution < 1.29 is 12.8 Å². The zero-order valence-electron chi connectivity index (χ0n) is 10.9. The van der Waals surface area contributed by atoms with Crippen molar-refractivity contribution in [2.24, 2.45) is 5.92 Å². The van der Waals surface area contributed by atoms with Crippen LogP contribution in [-0.2, 0) is 10.0 Å². The first-order valence-corrected chi connectivity index (χ1v) is 7.94. The molecule has 19 heavy (non-hydrogen) atoms. The van der Waals surface area contributed by atoms with Gasteiger partial charge in [-0.15, -0.1) is 0 Å². The van der Waals surface area contributed by atoms with Crippen molar-refractivity contribution in [2.75, 3.05) is 19.6 Å². The molecule has 2 N–H and O–H groups in total. The van der Waals surface area contributed by atoms with Gasteiger partial charge in [0.15, 0.2) is 0 Å². The summed E-state index contributed by atoms with van der Waals surface area (Å²) in [4.78, 5) is -0.0138. The topological polar surface area (TPSA) is 58.2 Å². The number of nitrogens with one attached hydrogen (secondary N) is 2. The van der Waals surface area contributed by atoms with Crippen molar-refractivity contribution in [3.8, 4) is 0 Å². The van der Waals surface area contributed by atoms with E-state index in [-0.39, 0.29) is 4.90 Å². The second-order valence-electron chi connectivity index (χ2n) is 4.96. The maximum atomic E-state index is 13.4. The number of rotatable bonds is 5. The Hall–Kier alpha value is -0.980. The van der Waals surface area contributed by atoms with Crippen LogP contribution in [-0.4, -0.2) is 28.1 Å². The predicted octanol–water partition coefficient (Wildman–Crippen LogP) is 1.41. The van der Waals surface area contributed by atoms with Crippen molar-refractivity contribution in [3.63, 3.8) is 0 Å². The van der Waals surface area contributed by atoms with Crippen LogP contribution >= 0.6 is 0 Å². The van der Waals surface area contributed by atoms with E-state index in [1.807, 2.05) is 0 Å². The number of sulfonamides is 1. The van der Waals surface area contributed by atoms with Gasteiger partial charge in [0, 0.05) is 6.54 Å². The van der Waals surface area contributed by atoms with Gasteiger partial charge in [-0.05, 0) is 56.5 Å². The molecule has 1 aliphatic rings. The molecule has 0 aromatic heterocycles. The normalized spacial score (nSPS) is 19.8. The van der Waals surface area contributed by atoms with Gasteiger partial charge in [0.1, 0.15) is 5.82 Å². The fourth-order valence-corrected chi connectivity index (χ4v) is 3.24. The van der Waals surface area contributed by atoms with Gasteiger partial charge in [-0.3, -0.25) is 0 Å². The summed E-state index contributed by atoms with van der Waals surface area (Å²) in [5.74, 6) is 0.0281. The molecule has 1 aromatic carbocycles. The van der Waals surface area contributed by atoms with Gasteiger partial charge in [0.05, 0.1) is 4.90 Å². The third-order valence-corrected chi connectivity index (χ3v) is 4.92. The van der Waals surface area contributed by atoms with E-state index in [0.717, 1.165) is 32.0 Å². The molecule has 0 spiro atoms. The predicted molar refractivity (Wildman–Crippen MR) is 71.9 cm³/mol. The lowest BCUT2D eigenvalue weighted by molar-refractivity contribution is 0.519. The largest absolute Gasteiger partial charge is 0.316 e. The Morgan fingerprint density at radius 3 is 2.89 bits per heavy atom. The van der Waals surface area contributed by atoms with Crippen LogP contribution in [0.25, 0.3) is 0 Å². The van der Waals surface area contributed by atoms with Gasteiger partial charge in [-0.1, -0.05) is 6.07 Å². The lowest BCUT2D eigenvalue weighted by Crippen LogP contribution is -2.26. The van der Waals surface area contributed by atoms with Crippen molar-refractivity contribution in [2.45, 2.75) is 24.7 Å². The molecule has 6 heteroatoms. The highest BCUT2D eigenvalue weighted by atomic mass is 32.2. The summed E-state index contributed by atoms with van der Waals surface area (Å²) in [6.07, 6.45) is 1.89. The summed E-state index contributed by atoms with van der Waals surface area (Å²) in [5.41, 5.74) is 0.441. The summed E-state index contributed by atoms with van der Waals surface area (Å²) in [7, 11) is -3.60. The molecule has 1 saturated heterocycles. The minimum atomic E-state index is -3.60. The van der Waals surface area contributed by atoms with Crippen LogP contribution in [0.2, 0.25) is 0 Å². The minimum absolute atomic E-state index is 0.0138. The molecule has 0 amide bonds. The van der Waals surface area contributed by atoms with E-state index in [1.165, 1.54) is 12.1 Å². The lowest BCUT2D eigenvalue weighted by Gasteiger charge is -2.10. The van der Waals surface area contributed by atoms with Crippen LogP contribution in [0.15, 0.2) is 23.1 Å². The molecule has 106 valence electrons. The van der Waals surface area contributed by atoms with Crippen LogP contribution in [0.5, 0.6) is 0 Å². The molecule has 1 aliphatic heterocycles. The molecule has 2 rings (SSSR count). The molecule has 1 aromatic rings. The monoisotopic (exact) mass is 286 g/mol. The van der Waals surface area contributed by atoms with Gasteiger partial charge < -0.3 is 5.32 Å². The molecular weight excluding hydrogens is 267 g/mol. The van der Waals surface area contributed by atoms with E-state index >= 15 is 0 Å². The first-order chi connectivity index (χ1) is 8.99. The molecular formula is C13H19FN2O2S. The molecule has 1 fully saturated rings. The van der Waals surface area contributed by atoms with Gasteiger partial charge in [0.2, 0.25) is 10.0 Å². The van der Waals surface area contributed by atoms with Crippen molar-refractivity contribution in [1.29, 1.82) is 0 Å². The van der Waals surface area contributed by atoms with Crippen molar-refractivity contribution >= 4 is 10.0 Å². The smallest absolute Gasteiger partial charge is 0.240 e. The summed E-state index contributed by atoms with van der Waals surface area (Å²) >= 11 is 0. The van der Waals surface area contributed by atoms with Gasteiger partial charge in [-0.2, -0.15) is 0 Å². The van der Waals surface area contributed by atoms with Crippen LogP contribution in [0.3, 0.4) is 0 Å². The molecule has 1 atom stereocenters. The Kier molecular flexibility index (Phi) is 4.54. The lowest BCUT2D eigenvalue weighted by atomic mass is 10.1. The number of hydrogen-bond acceptors (Lipinski definition) is 3. The highest BCUT2D eigenvalue weighted by molar-refractivity contribution is 7.89. The summed E-state index contributed by atoms with van der Waals surface area (Å²) in [5, 5.41) is 3.24. The number of halogens is 1. The van der Waals surface area contributed by atoms with Gasteiger partial charge in [-0.25, -0.2) is 17.5 Å². The summed E-state index contributed by atoms with van der Waals surface area (Å²) in [6, 6.07) is 3.97. The first kappa shape index (κ1) is 14.4. The van der Waals surface area contributed by atoms with E-state index < -0.39 is 15.8 Å². The zero-order valence-corrected chi connectivity index (χ0v) is 11.8. The third kappa shape index (κ3) is 3.75. The molecule has 0 aliphatic carbocycles. The minimum Gasteiger partial charge on any atom is -0.316 e. The molecule has 1 heterocycles. The van der Waals surface area contributed by atoms with Gasteiger partial charge >= 0.3 is 0 Å². The average molecular weight is 286 g/mol.